The van der Waals surface area contributed by atoms with Gasteiger partial charge in [-0.05, 0) is 89.5 Å². The van der Waals surface area contributed by atoms with Crippen molar-refractivity contribution in [3.05, 3.63) is 136 Å². The van der Waals surface area contributed by atoms with Gasteiger partial charge < -0.3 is 0 Å². The van der Waals surface area contributed by atoms with Gasteiger partial charge in [-0.3, -0.25) is 4.79 Å². The number of ketones is 1. The maximum absolute atomic E-state index is 13.9. The van der Waals surface area contributed by atoms with Gasteiger partial charge in [0, 0.05) is 24.2 Å². The molecule has 0 aromatic heterocycles. The number of aryl methyl sites for hydroxylation is 1. The first-order chi connectivity index (χ1) is 18.7. The summed E-state index contributed by atoms with van der Waals surface area (Å²) in [7, 11) is 0. The van der Waals surface area contributed by atoms with Crippen LogP contribution < -0.4 is 0 Å². The lowest BCUT2D eigenvalue weighted by molar-refractivity contribution is -0.121. The van der Waals surface area contributed by atoms with Crippen molar-refractivity contribution in [2.45, 2.75) is 58.3 Å². The van der Waals surface area contributed by atoms with Crippen LogP contribution in [0.25, 0.3) is 5.57 Å². The molecule has 0 amide bonds. The van der Waals surface area contributed by atoms with Gasteiger partial charge in [-0.1, -0.05) is 104 Å². The molecule has 0 radical (unpaired) electrons. The van der Waals surface area contributed by atoms with Crippen molar-refractivity contribution in [3.63, 3.8) is 0 Å². The molecule has 38 heavy (non-hydrogen) atoms. The van der Waals surface area contributed by atoms with Crippen LogP contribution in [-0.4, -0.2) is 5.78 Å². The van der Waals surface area contributed by atoms with E-state index in [-0.39, 0.29) is 17.8 Å². The summed E-state index contributed by atoms with van der Waals surface area (Å²) in [6, 6.07) is 9.10. The molecule has 0 saturated carbocycles. The molecular weight excluding hydrogens is 460 g/mol. The number of hydrogen-bond donors (Lipinski definition) is 0. The van der Waals surface area contributed by atoms with Gasteiger partial charge in [0.1, 0.15) is 5.78 Å². The summed E-state index contributed by atoms with van der Waals surface area (Å²) in [5.41, 5.74) is 10.7. The van der Waals surface area contributed by atoms with E-state index < -0.39 is 0 Å². The lowest BCUT2D eigenvalue weighted by atomic mass is 9.79. The minimum absolute atomic E-state index is 0.0816. The Hall–Kier alpha value is -3.45. The quantitative estimate of drug-likeness (QED) is 0.349. The smallest absolute Gasteiger partial charge is 0.144 e. The molecule has 1 aromatic carbocycles. The molecule has 5 aliphatic rings. The molecule has 3 unspecified atom stereocenters. The van der Waals surface area contributed by atoms with Gasteiger partial charge in [0.25, 0.3) is 0 Å². The van der Waals surface area contributed by atoms with E-state index in [2.05, 4.69) is 104 Å². The van der Waals surface area contributed by atoms with Gasteiger partial charge in [0.2, 0.25) is 0 Å². The van der Waals surface area contributed by atoms with Gasteiger partial charge in [-0.25, -0.2) is 0 Å². The predicted molar refractivity (Wildman–Crippen MR) is 159 cm³/mol. The summed E-state index contributed by atoms with van der Waals surface area (Å²) in [4.78, 5) is 13.9. The fourth-order valence-electron chi connectivity index (χ4n) is 6.61. The van der Waals surface area contributed by atoms with Crippen molar-refractivity contribution in [2.24, 2.45) is 17.8 Å². The standard InChI is InChI=1S/C37H38O/c1-2-26-17-19-30(20-18-26)33-22-31(28-13-7-4-8-14-28)23-34(33)35-24-32(29-15-9-10-16-29)25-36(35)37(38)21-27-11-5-3-6-12-27/h5,7,9-15,17-20,22-23,25,31,35-36H,2-4,6,8,16,21,24H2,1H3. The molecular formula is C37H38O. The van der Waals surface area contributed by atoms with Gasteiger partial charge in [0.05, 0.1) is 0 Å². The molecule has 0 bridgehead atoms. The molecule has 192 valence electrons. The molecule has 5 aliphatic carbocycles. The molecule has 0 fully saturated rings. The average Bonchev–Trinajstić information content (AvgIpc) is 3.74. The predicted octanol–water partition coefficient (Wildman–Crippen LogP) is 9.15. The number of Topliss-reactive ketones (excluding diaryl/α,β-unsaturated/α-hetero) is 1. The summed E-state index contributed by atoms with van der Waals surface area (Å²) in [5, 5.41) is 0. The molecule has 1 aromatic rings. The largest absolute Gasteiger partial charge is 0.299 e. The van der Waals surface area contributed by atoms with Crippen molar-refractivity contribution < 1.29 is 4.79 Å². The lowest BCUT2D eigenvalue weighted by Crippen LogP contribution is -2.21. The van der Waals surface area contributed by atoms with E-state index in [0.717, 1.165) is 44.9 Å². The fourth-order valence-corrected chi connectivity index (χ4v) is 6.61. The van der Waals surface area contributed by atoms with Gasteiger partial charge in [0.15, 0.2) is 0 Å². The van der Waals surface area contributed by atoms with Crippen LogP contribution >= 0.6 is 0 Å². The second-order valence-electron chi connectivity index (χ2n) is 11.2. The monoisotopic (exact) mass is 498 g/mol. The number of carbonyl (C=O) groups is 1. The van der Waals surface area contributed by atoms with Crippen molar-refractivity contribution in [1.82, 2.24) is 0 Å². The Morgan fingerprint density at radius 2 is 1.68 bits per heavy atom. The third-order valence-corrected chi connectivity index (χ3v) is 8.76. The fraction of sp³-hybridized carbons (Fsp3) is 0.324. The number of rotatable bonds is 8. The summed E-state index contributed by atoms with van der Waals surface area (Å²) in [5.74, 6) is 0.735. The van der Waals surface area contributed by atoms with Crippen LogP contribution in [0.1, 0.15) is 63.0 Å². The topological polar surface area (TPSA) is 17.1 Å². The first kappa shape index (κ1) is 24.9. The third kappa shape index (κ3) is 5.12. The Bertz CT molecular complexity index is 1380. The summed E-state index contributed by atoms with van der Waals surface area (Å²) >= 11 is 0. The SMILES string of the molecule is CCc1ccc(C2=CC(C3=CCCC=C3)C=C2C2CC(C3=CC=CC3)=CC2C(=O)CC2=CCCC=C2)cc1. The number of carbonyl (C=O) groups excluding carboxylic acids is 1. The molecule has 6 rings (SSSR count). The molecule has 0 saturated heterocycles. The van der Waals surface area contributed by atoms with Crippen LogP contribution in [0.4, 0.5) is 0 Å². The highest BCUT2D eigenvalue weighted by Crippen LogP contribution is 2.49. The Morgan fingerprint density at radius 3 is 2.37 bits per heavy atom. The second kappa shape index (κ2) is 11.1. The van der Waals surface area contributed by atoms with E-state index in [4.69, 9.17) is 0 Å². The number of allylic oxidation sites excluding steroid dienone is 18. The molecule has 0 heterocycles. The van der Waals surface area contributed by atoms with Gasteiger partial charge in [-0.2, -0.15) is 0 Å². The number of hydrogen-bond acceptors (Lipinski definition) is 1. The first-order valence-corrected chi connectivity index (χ1v) is 14.5. The van der Waals surface area contributed by atoms with Crippen molar-refractivity contribution in [3.8, 4) is 0 Å². The molecule has 0 spiro atoms. The van der Waals surface area contributed by atoms with Crippen LogP contribution in [0.2, 0.25) is 0 Å². The van der Waals surface area contributed by atoms with Crippen LogP contribution in [0.3, 0.4) is 0 Å². The van der Waals surface area contributed by atoms with E-state index >= 15 is 0 Å². The van der Waals surface area contributed by atoms with Crippen molar-refractivity contribution in [2.75, 3.05) is 0 Å². The Morgan fingerprint density at radius 1 is 0.868 bits per heavy atom. The van der Waals surface area contributed by atoms with Gasteiger partial charge >= 0.3 is 0 Å². The zero-order valence-corrected chi connectivity index (χ0v) is 22.5. The zero-order valence-electron chi connectivity index (χ0n) is 22.5. The van der Waals surface area contributed by atoms with E-state index in [1.54, 1.807) is 0 Å². The van der Waals surface area contributed by atoms with E-state index in [9.17, 15) is 4.79 Å². The molecule has 1 nitrogen and oxygen atoms in total. The summed E-state index contributed by atoms with van der Waals surface area (Å²) in [6.07, 6.45) is 35.4. The molecule has 0 aliphatic heterocycles. The average molecular weight is 499 g/mol. The van der Waals surface area contributed by atoms with Crippen molar-refractivity contribution in [1.29, 1.82) is 0 Å². The first-order valence-electron chi connectivity index (χ1n) is 14.5. The minimum Gasteiger partial charge on any atom is -0.299 e. The minimum atomic E-state index is -0.0816. The molecule has 3 atom stereocenters. The third-order valence-electron chi connectivity index (χ3n) is 8.76. The van der Waals surface area contributed by atoms with E-state index in [0.29, 0.717) is 12.2 Å². The number of benzene rings is 1. The van der Waals surface area contributed by atoms with Crippen LogP contribution in [0.15, 0.2) is 125 Å². The Labute approximate surface area is 228 Å². The second-order valence-corrected chi connectivity index (χ2v) is 11.2. The normalized spacial score (nSPS) is 26.1. The maximum atomic E-state index is 13.9. The highest BCUT2D eigenvalue weighted by atomic mass is 16.1. The Kier molecular flexibility index (Phi) is 7.27. The maximum Gasteiger partial charge on any atom is 0.144 e. The van der Waals surface area contributed by atoms with Crippen LogP contribution in [0.5, 0.6) is 0 Å². The zero-order chi connectivity index (χ0) is 25.9. The van der Waals surface area contributed by atoms with Crippen LogP contribution in [-0.2, 0) is 11.2 Å². The summed E-state index contributed by atoms with van der Waals surface area (Å²) in [6.45, 7) is 2.21. The highest BCUT2D eigenvalue weighted by Gasteiger charge is 2.39. The van der Waals surface area contributed by atoms with Crippen LogP contribution in [0, 0.1) is 17.8 Å². The van der Waals surface area contributed by atoms with E-state index in [1.807, 2.05) is 0 Å². The van der Waals surface area contributed by atoms with E-state index in [1.165, 1.54) is 44.6 Å². The molecule has 0 N–H and O–H groups in total. The highest BCUT2D eigenvalue weighted by molar-refractivity contribution is 5.90. The Balaban J connectivity index is 1.37. The summed E-state index contributed by atoms with van der Waals surface area (Å²) < 4.78 is 0. The van der Waals surface area contributed by atoms with Crippen molar-refractivity contribution >= 4 is 11.4 Å². The molecule has 1 heteroatoms. The lowest BCUT2D eigenvalue weighted by Gasteiger charge is -2.23. The van der Waals surface area contributed by atoms with Gasteiger partial charge in [-0.15, -0.1) is 0 Å².